The zero-order valence-corrected chi connectivity index (χ0v) is 11.2. The van der Waals surface area contributed by atoms with Crippen LogP contribution in [0.1, 0.15) is 32.5 Å². The Bertz CT molecular complexity index is 586. The van der Waals surface area contributed by atoms with E-state index in [2.05, 4.69) is 5.32 Å². The Hall–Kier alpha value is -1.66. The predicted octanol–water partition coefficient (Wildman–Crippen LogP) is 3.32. The minimum Gasteiger partial charge on any atom is -0.478 e. The highest BCUT2D eigenvalue weighted by Crippen LogP contribution is 2.23. The number of hydrogen-bond donors (Lipinski definition) is 2. The fraction of sp³-hybridized carbons (Fsp3) is 0.167. The summed E-state index contributed by atoms with van der Waals surface area (Å²) in [6.07, 6.45) is 0.803. The summed E-state index contributed by atoms with van der Waals surface area (Å²) in [5, 5.41) is 15.5. The normalized spacial score (nSPS) is 10.3. The molecule has 0 atom stereocenters. The Morgan fingerprint density at radius 1 is 1.39 bits per heavy atom. The maximum absolute atomic E-state index is 12.0. The van der Waals surface area contributed by atoms with Gasteiger partial charge in [0.05, 0.1) is 15.4 Å². The number of anilines is 1. The van der Waals surface area contributed by atoms with Crippen molar-refractivity contribution in [3.63, 3.8) is 0 Å². The molecule has 0 fully saturated rings. The van der Waals surface area contributed by atoms with Gasteiger partial charge in [-0.2, -0.15) is 0 Å². The molecule has 1 amide bonds. The van der Waals surface area contributed by atoms with Gasteiger partial charge in [0.2, 0.25) is 0 Å². The van der Waals surface area contributed by atoms with E-state index in [0.717, 1.165) is 12.0 Å². The first-order valence-electron chi connectivity index (χ1n) is 5.31. The molecule has 2 N–H and O–H groups in total. The molecule has 0 radical (unpaired) electrons. The van der Waals surface area contributed by atoms with Gasteiger partial charge >= 0.3 is 5.97 Å². The number of carboxylic acids is 1. The van der Waals surface area contributed by atoms with Crippen molar-refractivity contribution in [1.29, 1.82) is 0 Å². The Balaban J connectivity index is 2.13. The monoisotopic (exact) mass is 281 g/mol. The largest absolute Gasteiger partial charge is 0.478 e. The van der Waals surface area contributed by atoms with E-state index in [9.17, 15) is 9.59 Å². The molecule has 2 aromatic heterocycles. The molecule has 0 aliphatic rings. The summed E-state index contributed by atoms with van der Waals surface area (Å²) < 4.78 is 0. The van der Waals surface area contributed by atoms with Gasteiger partial charge in [-0.3, -0.25) is 4.79 Å². The smallest absolute Gasteiger partial charge is 0.336 e. The van der Waals surface area contributed by atoms with E-state index in [1.807, 2.05) is 18.4 Å². The van der Waals surface area contributed by atoms with Crippen molar-refractivity contribution in [2.75, 3.05) is 5.32 Å². The lowest BCUT2D eigenvalue weighted by molar-refractivity contribution is 0.0697. The molecule has 4 nitrogen and oxygen atoms in total. The summed E-state index contributed by atoms with van der Waals surface area (Å²) in [4.78, 5) is 23.4. The van der Waals surface area contributed by atoms with Gasteiger partial charge in [-0.1, -0.05) is 6.92 Å². The van der Waals surface area contributed by atoms with Gasteiger partial charge in [-0.05, 0) is 29.5 Å². The van der Waals surface area contributed by atoms with Gasteiger partial charge < -0.3 is 10.4 Å². The predicted molar refractivity (Wildman–Crippen MR) is 72.9 cm³/mol. The molecule has 0 saturated heterocycles. The number of hydrogen-bond acceptors (Lipinski definition) is 4. The lowest BCUT2D eigenvalue weighted by atomic mass is 10.2. The highest BCUT2D eigenvalue weighted by atomic mass is 32.1. The number of amides is 1. The number of carbonyl (C=O) groups is 2. The van der Waals surface area contributed by atoms with Crippen molar-refractivity contribution in [3.05, 3.63) is 38.9 Å². The van der Waals surface area contributed by atoms with Crippen molar-refractivity contribution in [1.82, 2.24) is 0 Å². The number of carboxylic acid groups (broad SMARTS) is 1. The van der Waals surface area contributed by atoms with Crippen LogP contribution in [0, 0.1) is 0 Å². The molecule has 94 valence electrons. The SMILES string of the molecule is CCc1ccsc1C(=O)Nc1cc(C(=O)O)cs1. The fourth-order valence-electron chi connectivity index (χ4n) is 1.50. The van der Waals surface area contributed by atoms with Gasteiger partial charge in [-0.25, -0.2) is 4.79 Å². The van der Waals surface area contributed by atoms with Gasteiger partial charge in [0, 0.05) is 5.38 Å². The molecular weight excluding hydrogens is 270 g/mol. The molecule has 2 heterocycles. The first-order valence-corrected chi connectivity index (χ1v) is 7.07. The molecule has 6 heteroatoms. The van der Waals surface area contributed by atoms with Crippen LogP contribution in [0.25, 0.3) is 0 Å². The lowest BCUT2D eigenvalue weighted by Gasteiger charge is -2.02. The van der Waals surface area contributed by atoms with Gasteiger partial charge in [0.1, 0.15) is 0 Å². The molecule has 0 saturated carbocycles. The molecule has 0 spiro atoms. The third kappa shape index (κ3) is 2.60. The second-order valence-electron chi connectivity index (χ2n) is 3.59. The summed E-state index contributed by atoms with van der Waals surface area (Å²) in [5.74, 6) is -1.17. The van der Waals surface area contributed by atoms with E-state index in [-0.39, 0.29) is 11.5 Å². The van der Waals surface area contributed by atoms with E-state index >= 15 is 0 Å². The second kappa shape index (κ2) is 5.32. The molecule has 18 heavy (non-hydrogen) atoms. The third-order valence-corrected chi connectivity index (χ3v) is 4.22. The quantitative estimate of drug-likeness (QED) is 0.903. The van der Waals surface area contributed by atoms with Crippen molar-refractivity contribution >= 4 is 39.6 Å². The zero-order chi connectivity index (χ0) is 13.1. The van der Waals surface area contributed by atoms with Crippen LogP contribution in [0.4, 0.5) is 5.00 Å². The van der Waals surface area contributed by atoms with Crippen LogP contribution in [0.15, 0.2) is 22.9 Å². The van der Waals surface area contributed by atoms with Crippen molar-refractivity contribution in [3.8, 4) is 0 Å². The Labute approximate surface area is 112 Å². The van der Waals surface area contributed by atoms with Gasteiger partial charge in [0.15, 0.2) is 0 Å². The van der Waals surface area contributed by atoms with Crippen LogP contribution in [-0.4, -0.2) is 17.0 Å². The Morgan fingerprint density at radius 3 is 2.78 bits per heavy atom. The number of nitrogens with one attached hydrogen (secondary N) is 1. The first kappa shape index (κ1) is 12.8. The van der Waals surface area contributed by atoms with Crippen LogP contribution in [0.3, 0.4) is 0 Å². The van der Waals surface area contributed by atoms with Gasteiger partial charge in [0.25, 0.3) is 5.91 Å². The highest BCUT2D eigenvalue weighted by molar-refractivity contribution is 7.15. The Kier molecular flexibility index (Phi) is 3.78. The Morgan fingerprint density at radius 2 is 2.17 bits per heavy atom. The molecular formula is C12H11NO3S2. The zero-order valence-electron chi connectivity index (χ0n) is 9.60. The van der Waals surface area contributed by atoms with E-state index in [1.54, 1.807) is 0 Å². The van der Waals surface area contributed by atoms with Crippen molar-refractivity contribution in [2.45, 2.75) is 13.3 Å². The lowest BCUT2D eigenvalue weighted by Crippen LogP contribution is -2.10. The van der Waals surface area contributed by atoms with Crippen LogP contribution in [-0.2, 0) is 6.42 Å². The molecule has 0 aliphatic carbocycles. The topological polar surface area (TPSA) is 66.4 Å². The first-order chi connectivity index (χ1) is 8.61. The minimum atomic E-state index is -0.989. The van der Waals surface area contributed by atoms with Crippen molar-refractivity contribution in [2.24, 2.45) is 0 Å². The fourth-order valence-corrected chi connectivity index (χ4v) is 3.16. The second-order valence-corrected chi connectivity index (χ2v) is 5.41. The summed E-state index contributed by atoms with van der Waals surface area (Å²) in [6, 6.07) is 3.39. The van der Waals surface area contributed by atoms with Gasteiger partial charge in [-0.15, -0.1) is 22.7 Å². The number of thiophene rings is 2. The third-order valence-electron chi connectivity index (χ3n) is 2.42. The number of aryl methyl sites for hydroxylation is 1. The molecule has 0 aliphatic heterocycles. The van der Waals surface area contributed by atoms with Crippen LogP contribution in [0.2, 0.25) is 0 Å². The highest BCUT2D eigenvalue weighted by Gasteiger charge is 2.14. The average molecular weight is 281 g/mol. The maximum Gasteiger partial charge on any atom is 0.336 e. The standard InChI is InChI=1S/C12H11NO3S2/c1-2-7-3-4-17-10(7)11(14)13-9-5-8(6-18-9)12(15)16/h3-6H,2H2,1H3,(H,13,14)(H,15,16). The van der Waals surface area contributed by atoms with E-state index in [4.69, 9.17) is 5.11 Å². The maximum atomic E-state index is 12.0. The number of carbonyl (C=O) groups excluding carboxylic acids is 1. The molecule has 2 rings (SSSR count). The number of rotatable bonds is 4. The van der Waals surface area contributed by atoms with Crippen LogP contribution >= 0.6 is 22.7 Å². The summed E-state index contributed by atoms with van der Waals surface area (Å²) >= 11 is 2.60. The molecule has 0 bridgehead atoms. The molecule has 0 unspecified atom stereocenters. The van der Waals surface area contributed by atoms with Crippen LogP contribution in [0.5, 0.6) is 0 Å². The van der Waals surface area contributed by atoms with E-state index in [1.165, 1.54) is 34.1 Å². The minimum absolute atomic E-state index is 0.180. The van der Waals surface area contributed by atoms with Crippen molar-refractivity contribution < 1.29 is 14.7 Å². The molecule has 0 aromatic carbocycles. The van der Waals surface area contributed by atoms with E-state index < -0.39 is 5.97 Å². The summed E-state index contributed by atoms with van der Waals surface area (Å²) in [5.41, 5.74) is 1.20. The average Bonchev–Trinajstić information content (AvgIpc) is 2.96. The van der Waals surface area contributed by atoms with Crippen LogP contribution < -0.4 is 5.32 Å². The number of aromatic carboxylic acids is 1. The molecule has 2 aromatic rings. The summed E-state index contributed by atoms with van der Waals surface area (Å²) in [6.45, 7) is 1.99. The van der Waals surface area contributed by atoms with E-state index in [0.29, 0.717) is 9.88 Å². The summed E-state index contributed by atoms with van der Waals surface area (Å²) in [7, 11) is 0.